The van der Waals surface area contributed by atoms with Crippen LogP contribution in [0.4, 0.5) is 13.2 Å². The third-order valence-corrected chi connectivity index (χ3v) is 10.9. The molecule has 1 aromatic heterocycles. The highest BCUT2D eigenvalue weighted by Gasteiger charge is 2.55. The largest absolute Gasteiger partial charge is 0.481 e. The molecule has 0 radical (unpaired) electrons. The zero-order valence-electron chi connectivity index (χ0n) is 23.5. The minimum Gasteiger partial charge on any atom is -0.481 e. The van der Waals surface area contributed by atoms with Gasteiger partial charge in [0.25, 0.3) is 0 Å². The number of halogens is 5. The molecule has 4 saturated carbocycles. The van der Waals surface area contributed by atoms with Crippen molar-refractivity contribution in [1.82, 2.24) is 4.98 Å². The molecule has 4 fully saturated rings. The molecule has 1 aromatic rings. The molecule has 1 aliphatic heterocycles. The maximum Gasteiger partial charge on any atom is 0.413 e. The Kier molecular flexibility index (Phi) is 8.67. The van der Waals surface area contributed by atoms with Crippen LogP contribution in [0.5, 0.6) is 0 Å². The summed E-state index contributed by atoms with van der Waals surface area (Å²) in [6, 6.07) is 0. The molecule has 0 spiro atoms. The van der Waals surface area contributed by atoms with Gasteiger partial charge in [-0.3, -0.25) is 24.4 Å². The van der Waals surface area contributed by atoms with Crippen LogP contribution < -0.4 is 0 Å². The summed E-state index contributed by atoms with van der Waals surface area (Å²) in [7, 11) is 0. The number of carboxylic acid groups (broad SMARTS) is 1. The smallest absolute Gasteiger partial charge is 0.413 e. The molecule has 42 heavy (non-hydrogen) atoms. The Bertz CT molecular complexity index is 1300. The number of aromatic nitrogens is 1. The number of dihydropyridines is 1. The lowest BCUT2D eigenvalue weighted by molar-refractivity contribution is -0.150. The molecule has 0 aromatic carbocycles. The Balaban J connectivity index is 1.37. The fourth-order valence-electron chi connectivity index (χ4n) is 7.65. The van der Waals surface area contributed by atoms with E-state index >= 15 is 0 Å². The maximum atomic E-state index is 14.6. The summed E-state index contributed by atoms with van der Waals surface area (Å²) in [6.45, 7) is 1.53. The number of nitrogens with zero attached hydrogens (tertiary/aromatic N) is 2. The first-order chi connectivity index (χ1) is 19.7. The maximum absolute atomic E-state index is 14.6. The number of hydrogen-bond acceptors (Lipinski definition) is 5. The summed E-state index contributed by atoms with van der Waals surface area (Å²) in [5.41, 5.74) is -1.92. The Labute approximate surface area is 253 Å². The van der Waals surface area contributed by atoms with Gasteiger partial charge in [-0.1, -0.05) is 23.2 Å². The summed E-state index contributed by atoms with van der Waals surface area (Å²) in [5.74, 6) is -3.16. The van der Waals surface area contributed by atoms with Crippen LogP contribution in [0, 0.1) is 34.5 Å². The van der Waals surface area contributed by atoms with Gasteiger partial charge in [-0.05, 0) is 87.9 Å². The van der Waals surface area contributed by atoms with Crippen LogP contribution in [0.25, 0.3) is 0 Å². The molecule has 6 nitrogen and oxygen atoms in total. The van der Waals surface area contributed by atoms with Gasteiger partial charge in [-0.15, -0.1) is 0 Å². The zero-order chi connectivity index (χ0) is 30.4. The second-order valence-corrected chi connectivity index (χ2v) is 14.1. The molecule has 228 valence electrons. The van der Waals surface area contributed by atoms with Gasteiger partial charge in [0.1, 0.15) is 0 Å². The fraction of sp³-hybridized carbons (Fsp3) is 0.645. The average molecular weight is 628 g/mol. The van der Waals surface area contributed by atoms with Gasteiger partial charge >= 0.3 is 12.1 Å². The number of allylic oxidation sites excluding steroid dienone is 1. The lowest BCUT2D eigenvalue weighted by Crippen LogP contribution is -2.51. The fourth-order valence-corrected chi connectivity index (χ4v) is 8.22. The van der Waals surface area contributed by atoms with E-state index in [1.165, 1.54) is 12.4 Å². The van der Waals surface area contributed by atoms with E-state index in [0.29, 0.717) is 19.3 Å². The number of Topliss-reactive ketones (excluding diaryl/α,β-unsaturated/α-hetero) is 2. The zero-order valence-corrected chi connectivity index (χ0v) is 25.0. The number of carbonyl (C=O) groups excluding carboxylic acids is 2. The van der Waals surface area contributed by atoms with E-state index in [9.17, 15) is 32.7 Å². The highest BCUT2D eigenvalue weighted by molar-refractivity contribution is 6.39. The van der Waals surface area contributed by atoms with Gasteiger partial charge in [0.15, 0.2) is 11.6 Å². The van der Waals surface area contributed by atoms with Crippen LogP contribution in [-0.2, 0) is 9.59 Å². The van der Waals surface area contributed by atoms with Crippen LogP contribution in [0.2, 0.25) is 10.0 Å². The van der Waals surface area contributed by atoms with E-state index in [1.807, 2.05) is 0 Å². The van der Waals surface area contributed by atoms with E-state index in [1.54, 1.807) is 6.92 Å². The standard InChI is InChI=1S/C31H35Cl2F3N2O4/c1-29(28(41)42)5-3-19(4-6-29)20-13-37-14-21(27(20)31(34,35)36)24(39)8-17(2-7-30-10-18(11-30)12-30)9-25(40)26-22(32)15-38-16-23(26)33/h14-20H,2-13H2,1H3,(H,41,42). The number of carboxylic acids is 1. The summed E-state index contributed by atoms with van der Waals surface area (Å²) in [5, 5.41) is 9.74. The molecular weight excluding hydrogens is 592 g/mol. The second-order valence-electron chi connectivity index (χ2n) is 13.2. The van der Waals surface area contributed by atoms with Crippen molar-refractivity contribution in [2.75, 3.05) is 6.54 Å². The van der Waals surface area contributed by atoms with E-state index in [0.717, 1.165) is 37.8 Å². The number of aliphatic imine (C=N–C) groups is 1. The Hall–Kier alpha value is -2.26. The molecule has 1 N–H and O–H groups in total. The average Bonchev–Trinajstić information content (AvgIpc) is 2.86. The topological polar surface area (TPSA) is 96.7 Å². The van der Waals surface area contributed by atoms with Gasteiger partial charge in [-0.2, -0.15) is 13.2 Å². The number of ketones is 2. The molecule has 11 heteroatoms. The van der Waals surface area contributed by atoms with E-state index in [2.05, 4.69) is 9.98 Å². The number of carbonyl (C=O) groups is 3. The van der Waals surface area contributed by atoms with Gasteiger partial charge in [-0.25, -0.2) is 0 Å². The SMILES string of the molecule is CC1(C(=O)O)CCC(C2CN=CC(C(=O)CC(CCC34CC(C3)C4)CC(=O)c3c(Cl)cncc3Cl)=C2C(F)(F)F)CC1. The third-order valence-electron chi connectivity index (χ3n) is 10.3. The number of rotatable bonds is 11. The molecule has 5 aliphatic rings. The first-order valence-electron chi connectivity index (χ1n) is 14.6. The Morgan fingerprint density at radius 1 is 1.05 bits per heavy atom. The molecule has 2 atom stereocenters. The number of alkyl halides is 3. The van der Waals surface area contributed by atoms with Gasteiger partial charge in [0.2, 0.25) is 0 Å². The normalized spacial score (nSPS) is 31.2. The highest BCUT2D eigenvalue weighted by atomic mass is 35.5. The molecular formula is C31H35Cl2F3N2O4. The van der Waals surface area contributed by atoms with Crippen molar-refractivity contribution in [3.63, 3.8) is 0 Å². The molecule has 0 saturated heterocycles. The summed E-state index contributed by atoms with van der Waals surface area (Å²) in [6.07, 6.45) is 4.55. The first kappa shape index (κ1) is 31.2. The number of pyridine rings is 1. The minimum absolute atomic E-state index is 0.0691. The quantitative estimate of drug-likeness (QED) is 0.251. The van der Waals surface area contributed by atoms with Crippen molar-refractivity contribution in [3.8, 4) is 0 Å². The Morgan fingerprint density at radius 2 is 1.64 bits per heavy atom. The van der Waals surface area contributed by atoms with Crippen LogP contribution >= 0.6 is 23.2 Å². The van der Waals surface area contributed by atoms with E-state index in [4.69, 9.17) is 23.2 Å². The predicted octanol–water partition coefficient (Wildman–Crippen LogP) is 7.96. The molecule has 4 aliphatic carbocycles. The molecule has 6 rings (SSSR count). The van der Waals surface area contributed by atoms with E-state index < -0.39 is 52.2 Å². The molecule has 0 amide bonds. The summed E-state index contributed by atoms with van der Waals surface area (Å²) >= 11 is 12.4. The van der Waals surface area contributed by atoms with Gasteiger partial charge in [0.05, 0.1) is 26.6 Å². The van der Waals surface area contributed by atoms with Crippen LogP contribution in [-0.4, -0.2) is 46.6 Å². The first-order valence-corrected chi connectivity index (χ1v) is 15.4. The third kappa shape index (κ3) is 6.19. The minimum atomic E-state index is -4.75. The van der Waals surface area contributed by atoms with Crippen LogP contribution in [0.1, 0.15) is 87.9 Å². The van der Waals surface area contributed by atoms with Crippen molar-refractivity contribution < 1.29 is 32.7 Å². The van der Waals surface area contributed by atoms with Crippen molar-refractivity contribution in [1.29, 1.82) is 0 Å². The Morgan fingerprint density at radius 3 is 2.17 bits per heavy atom. The monoisotopic (exact) mass is 626 g/mol. The number of aliphatic carboxylic acids is 1. The van der Waals surface area contributed by atoms with Crippen molar-refractivity contribution >= 4 is 47.0 Å². The lowest BCUT2D eigenvalue weighted by Gasteiger charge is -2.62. The highest BCUT2D eigenvalue weighted by Crippen LogP contribution is 2.67. The summed E-state index contributed by atoms with van der Waals surface area (Å²) in [4.78, 5) is 46.7. The van der Waals surface area contributed by atoms with Gasteiger partial charge < -0.3 is 5.11 Å². The molecule has 2 bridgehead atoms. The molecule has 2 heterocycles. The van der Waals surface area contributed by atoms with Crippen molar-refractivity contribution in [2.45, 2.75) is 83.7 Å². The summed E-state index contributed by atoms with van der Waals surface area (Å²) < 4.78 is 43.8. The van der Waals surface area contributed by atoms with E-state index in [-0.39, 0.29) is 59.0 Å². The molecule has 2 unspecified atom stereocenters. The van der Waals surface area contributed by atoms with Crippen molar-refractivity contribution in [3.05, 3.63) is 39.1 Å². The van der Waals surface area contributed by atoms with Crippen molar-refractivity contribution in [2.24, 2.45) is 39.5 Å². The lowest BCUT2D eigenvalue weighted by atomic mass is 9.43. The predicted molar refractivity (Wildman–Crippen MR) is 153 cm³/mol. The van der Waals surface area contributed by atoms with Gasteiger partial charge in [0, 0.05) is 49.5 Å². The van der Waals surface area contributed by atoms with Crippen LogP contribution in [0.3, 0.4) is 0 Å². The number of hydrogen-bond donors (Lipinski definition) is 1. The van der Waals surface area contributed by atoms with Crippen LogP contribution in [0.15, 0.2) is 28.5 Å². The second kappa shape index (κ2) is 11.7.